The molecule has 0 saturated carbocycles. The van der Waals surface area contributed by atoms with Crippen LogP contribution in [0, 0.1) is 0 Å². The van der Waals surface area contributed by atoms with Crippen LogP contribution in [0.2, 0.25) is 5.02 Å². The average molecular weight is 586 g/mol. The quantitative estimate of drug-likeness (QED) is 0.142. The standard InChI is InChI=1S/C28H32ClN5O5S/c1-5-38-25(35)17-40-28(30)32-34(31-2)15-13-23-22-9-7-14-33(22)21-12-11-18(29)16-20(21)26(39-23)19-8-6-10-24(36-3)27(19)37-4/h6-12,14,16,23,26H,2,5,13,15,17H2,1,3-4H3,(H2,30,32)/t23-,26-/m1/s1. The molecule has 3 aromatic rings. The number of esters is 1. The number of methoxy groups -OCH3 is 2. The summed E-state index contributed by atoms with van der Waals surface area (Å²) in [5.41, 5.74) is 9.60. The van der Waals surface area contributed by atoms with Gasteiger partial charge in [-0.1, -0.05) is 35.5 Å². The fourth-order valence-corrected chi connectivity index (χ4v) is 5.26. The molecule has 10 nitrogen and oxygen atoms in total. The molecule has 4 rings (SSSR count). The molecule has 12 heteroatoms. The van der Waals surface area contributed by atoms with E-state index in [1.54, 1.807) is 21.1 Å². The lowest BCUT2D eigenvalue weighted by atomic mass is 9.98. The molecule has 0 radical (unpaired) electrons. The number of nitrogens with zero attached hydrogens (tertiary/aromatic N) is 4. The van der Waals surface area contributed by atoms with E-state index in [-0.39, 0.29) is 23.0 Å². The number of carbonyl (C=O) groups excluding carboxylic acids is 1. The smallest absolute Gasteiger partial charge is 0.316 e. The summed E-state index contributed by atoms with van der Waals surface area (Å²) in [4.78, 5) is 11.7. The van der Waals surface area contributed by atoms with Crippen LogP contribution in [-0.4, -0.2) is 60.7 Å². The number of hydrogen-bond donors (Lipinski definition) is 1. The highest BCUT2D eigenvalue weighted by atomic mass is 35.5. The van der Waals surface area contributed by atoms with E-state index in [0.29, 0.717) is 36.1 Å². The van der Waals surface area contributed by atoms with Gasteiger partial charge in [-0.2, -0.15) is 10.2 Å². The van der Waals surface area contributed by atoms with Gasteiger partial charge >= 0.3 is 5.97 Å². The molecule has 40 heavy (non-hydrogen) atoms. The van der Waals surface area contributed by atoms with E-state index in [1.165, 1.54) is 5.12 Å². The Labute approximate surface area is 242 Å². The largest absolute Gasteiger partial charge is 0.493 e. The van der Waals surface area contributed by atoms with Gasteiger partial charge < -0.3 is 29.2 Å². The number of hydrazone groups is 2. The second-order valence-corrected chi connectivity index (χ2v) is 10.1. The van der Waals surface area contributed by atoms with Crippen LogP contribution in [0.3, 0.4) is 0 Å². The summed E-state index contributed by atoms with van der Waals surface area (Å²) in [7, 11) is 3.21. The van der Waals surface area contributed by atoms with Crippen molar-refractivity contribution in [2.75, 3.05) is 33.1 Å². The Morgan fingerprint density at radius 1 is 1.20 bits per heavy atom. The van der Waals surface area contributed by atoms with Crippen LogP contribution in [0.1, 0.15) is 42.4 Å². The third-order valence-electron chi connectivity index (χ3n) is 6.27. The Kier molecular flexibility index (Phi) is 9.97. The van der Waals surface area contributed by atoms with Crippen molar-refractivity contribution in [2.24, 2.45) is 15.9 Å². The van der Waals surface area contributed by atoms with E-state index in [0.717, 1.165) is 34.3 Å². The molecule has 0 bridgehead atoms. The number of halogens is 1. The normalized spacial score (nSPS) is 16.4. The van der Waals surface area contributed by atoms with E-state index in [1.807, 2.05) is 54.7 Å². The molecule has 0 spiro atoms. The van der Waals surface area contributed by atoms with Gasteiger partial charge in [0.2, 0.25) is 0 Å². The van der Waals surface area contributed by atoms with Gasteiger partial charge in [0, 0.05) is 35.5 Å². The van der Waals surface area contributed by atoms with Gasteiger partial charge in [0.25, 0.3) is 0 Å². The fourth-order valence-electron chi connectivity index (χ4n) is 4.58. The van der Waals surface area contributed by atoms with Gasteiger partial charge in [0.15, 0.2) is 16.7 Å². The van der Waals surface area contributed by atoms with Crippen LogP contribution in [-0.2, 0) is 14.3 Å². The zero-order chi connectivity index (χ0) is 28.6. The maximum absolute atomic E-state index is 11.7. The maximum Gasteiger partial charge on any atom is 0.316 e. The van der Waals surface area contributed by atoms with Gasteiger partial charge in [-0.05, 0) is 43.3 Å². The summed E-state index contributed by atoms with van der Waals surface area (Å²) in [6.07, 6.45) is 1.58. The molecular weight excluding hydrogens is 554 g/mol. The van der Waals surface area contributed by atoms with E-state index in [4.69, 9.17) is 36.3 Å². The number of thioether (sulfide) groups is 1. The molecular formula is C28H32ClN5O5S. The van der Waals surface area contributed by atoms with Crippen molar-refractivity contribution in [3.8, 4) is 17.2 Å². The number of ether oxygens (including phenoxy) is 4. The monoisotopic (exact) mass is 585 g/mol. The van der Waals surface area contributed by atoms with Crippen molar-refractivity contribution in [3.63, 3.8) is 0 Å². The SMILES string of the molecule is C=NN(CC[C@H]1O[C@H](c2cccc(OC)c2OC)c2cc(Cl)ccc2-n2cccc21)/N=C(\N)SCC(=O)OCC. The number of aromatic nitrogens is 1. The van der Waals surface area contributed by atoms with E-state index in [2.05, 4.69) is 21.5 Å². The summed E-state index contributed by atoms with van der Waals surface area (Å²) >= 11 is 7.55. The molecule has 212 valence electrons. The van der Waals surface area contributed by atoms with Crippen molar-refractivity contribution >= 4 is 41.2 Å². The summed E-state index contributed by atoms with van der Waals surface area (Å²) in [5.74, 6) is 0.865. The minimum Gasteiger partial charge on any atom is -0.493 e. The molecule has 2 aromatic carbocycles. The first-order valence-corrected chi connectivity index (χ1v) is 14.0. The zero-order valence-electron chi connectivity index (χ0n) is 22.6. The minimum absolute atomic E-state index is 0.0538. The first-order chi connectivity index (χ1) is 19.4. The highest BCUT2D eigenvalue weighted by Gasteiger charge is 2.33. The summed E-state index contributed by atoms with van der Waals surface area (Å²) in [6.45, 7) is 6.02. The first kappa shape index (κ1) is 29.3. The molecule has 0 fully saturated rings. The third kappa shape index (κ3) is 6.55. The lowest BCUT2D eigenvalue weighted by molar-refractivity contribution is -0.139. The minimum atomic E-state index is -0.525. The van der Waals surface area contributed by atoms with E-state index >= 15 is 0 Å². The van der Waals surface area contributed by atoms with Crippen LogP contribution in [0.25, 0.3) is 5.69 Å². The average Bonchev–Trinajstić information content (AvgIpc) is 3.40. The Bertz CT molecular complexity index is 1380. The van der Waals surface area contributed by atoms with Crippen LogP contribution < -0.4 is 15.2 Å². The van der Waals surface area contributed by atoms with E-state index in [9.17, 15) is 4.79 Å². The van der Waals surface area contributed by atoms with Gasteiger partial charge in [-0.15, -0.1) is 5.10 Å². The number of fused-ring (bicyclic) bond motifs is 3. The van der Waals surface area contributed by atoms with Crippen molar-refractivity contribution in [1.82, 2.24) is 9.69 Å². The highest BCUT2D eigenvalue weighted by Crippen LogP contribution is 2.46. The number of rotatable bonds is 11. The van der Waals surface area contributed by atoms with Gasteiger partial charge in [-0.25, -0.2) is 0 Å². The van der Waals surface area contributed by atoms with Gasteiger partial charge in [0.05, 0.1) is 44.5 Å². The molecule has 1 aromatic heterocycles. The molecule has 2 heterocycles. The second kappa shape index (κ2) is 13.6. The molecule has 0 aliphatic carbocycles. The number of nitrogens with two attached hydrogens (primary N) is 1. The van der Waals surface area contributed by atoms with Crippen LogP contribution in [0.4, 0.5) is 0 Å². The molecule has 0 amide bonds. The Morgan fingerprint density at radius 3 is 2.75 bits per heavy atom. The lowest BCUT2D eigenvalue weighted by Crippen LogP contribution is -2.22. The van der Waals surface area contributed by atoms with Gasteiger partial charge in [0.1, 0.15) is 12.2 Å². The van der Waals surface area contributed by atoms with Crippen LogP contribution >= 0.6 is 23.4 Å². The fraction of sp³-hybridized carbons (Fsp3) is 0.321. The topological polar surface area (TPSA) is 113 Å². The third-order valence-corrected chi connectivity index (χ3v) is 7.26. The molecule has 0 unspecified atom stereocenters. The Balaban J connectivity index is 1.65. The number of amidine groups is 1. The highest BCUT2D eigenvalue weighted by molar-refractivity contribution is 8.14. The number of para-hydroxylation sites is 1. The first-order valence-electron chi connectivity index (χ1n) is 12.6. The van der Waals surface area contributed by atoms with E-state index < -0.39 is 6.10 Å². The van der Waals surface area contributed by atoms with Crippen LogP contribution in [0.15, 0.2) is 64.9 Å². The predicted octanol–water partition coefficient (Wildman–Crippen LogP) is 5.14. The number of hydrogen-bond acceptors (Lipinski definition) is 9. The van der Waals surface area contributed by atoms with Gasteiger partial charge in [-0.3, -0.25) is 4.79 Å². The van der Waals surface area contributed by atoms with Crippen molar-refractivity contribution in [3.05, 3.63) is 76.6 Å². The van der Waals surface area contributed by atoms with Crippen molar-refractivity contribution in [2.45, 2.75) is 25.6 Å². The molecule has 0 saturated heterocycles. The number of carbonyl (C=O) groups is 1. The van der Waals surface area contributed by atoms with Crippen molar-refractivity contribution < 1.29 is 23.7 Å². The van der Waals surface area contributed by atoms with Crippen LogP contribution in [0.5, 0.6) is 11.5 Å². The zero-order valence-corrected chi connectivity index (χ0v) is 24.2. The molecule has 1 aliphatic heterocycles. The predicted molar refractivity (Wildman–Crippen MR) is 158 cm³/mol. The Hall–Kier alpha value is -3.67. The summed E-state index contributed by atoms with van der Waals surface area (Å²) < 4.78 is 25.2. The summed E-state index contributed by atoms with van der Waals surface area (Å²) in [5, 5.41) is 10.4. The molecule has 2 N–H and O–H groups in total. The van der Waals surface area contributed by atoms with Crippen molar-refractivity contribution in [1.29, 1.82) is 0 Å². The second-order valence-electron chi connectivity index (χ2n) is 8.65. The molecule has 1 aliphatic rings. The maximum atomic E-state index is 11.7. The number of benzene rings is 2. The summed E-state index contributed by atoms with van der Waals surface area (Å²) in [6, 6.07) is 15.5. The molecule has 2 atom stereocenters. The lowest BCUT2D eigenvalue weighted by Gasteiger charge is -2.26. The Morgan fingerprint density at radius 2 is 2.02 bits per heavy atom.